The Morgan fingerprint density at radius 3 is 2.95 bits per heavy atom. The topological polar surface area (TPSA) is 57.8 Å². The minimum atomic E-state index is -0.0673. The van der Waals surface area contributed by atoms with Crippen molar-refractivity contribution in [2.24, 2.45) is 0 Å². The van der Waals surface area contributed by atoms with E-state index in [1.54, 1.807) is 12.1 Å². The van der Waals surface area contributed by atoms with Crippen LogP contribution in [0, 0.1) is 0 Å². The smallest absolute Gasteiger partial charge is 0.256 e. The fraction of sp³-hybridized carbons (Fsp3) is 0.286. The number of hydrogen-bond donors (Lipinski definition) is 2. The lowest BCUT2D eigenvalue weighted by atomic mass is 10.1. The van der Waals surface area contributed by atoms with E-state index in [0.29, 0.717) is 28.1 Å². The first kappa shape index (κ1) is 13.5. The number of nitrogens with one attached hydrogen (secondary N) is 2. The van der Waals surface area contributed by atoms with Gasteiger partial charge in [0.2, 0.25) is 0 Å². The molecule has 2 heterocycles. The average molecular weight is 310 g/mol. The second kappa shape index (κ2) is 5.46. The van der Waals surface area contributed by atoms with Crippen LogP contribution in [0.5, 0.6) is 0 Å². The number of benzene rings is 1. The number of nitrogens with zero attached hydrogens (tertiary/aromatic N) is 1. The molecule has 20 heavy (non-hydrogen) atoms. The lowest BCUT2D eigenvalue weighted by molar-refractivity contribution is 0.783. The first-order valence-corrected chi connectivity index (χ1v) is 7.19. The number of hydrogen-bond acceptors (Lipinski definition) is 3. The van der Waals surface area contributed by atoms with Crippen LogP contribution in [0.25, 0.3) is 0 Å². The number of halogens is 2. The van der Waals surface area contributed by atoms with Crippen molar-refractivity contribution in [1.29, 1.82) is 0 Å². The van der Waals surface area contributed by atoms with Crippen molar-refractivity contribution >= 4 is 29.0 Å². The third-order valence-electron chi connectivity index (χ3n) is 3.33. The zero-order valence-corrected chi connectivity index (χ0v) is 12.2. The van der Waals surface area contributed by atoms with Crippen molar-refractivity contribution in [3.63, 3.8) is 0 Å². The number of anilines is 1. The van der Waals surface area contributed by atoms with Crippen LogP contribution < -0.4 is 10.9 Å². The quantitative estimate of drug-likeness (QED) is 0.896. The van der Waals surface area contributed by atoms with Gasteiger partial charge in [-0.25, -0.2) is 4.98 Å². The maximum atomic E-state index is 12.0. The maximum Gasteiger partial charge on any atom is 0.256 e. The largest absolute Gasteiger partial charge is 0.370 e. The second-order valence-electron chi connectivity index (χ2n) is 4.78. The molecule has 0 radical (unpaired) electrons. The summed E-state index contributed by atoms with van der Waals surface area (Å²) in [5, 5.41) is 4.33. The van der Waals surface area contributed by atoms with Gasteiger partial charge >= 0.3 is 0 Å². The van der Waals surface area contributed by atoms with Crippen molar-refractivity contribution in [2.75, 3.05) is 11.9 Å². The molecule has 0 saturated heterocycles. The van der Waals surface area contributed by atoms with E-state index in [1.807, 2.05) is 6.07 Å². The van der Waals surface area contributed by atoms with Crippen LogP contribution in [0.1, 0.15) is 23.4 Å². The van der Waals surface area contributed by atoms with Crippen LogP contribution in [0.15, 0.2) is 23.0 Å². The number of fused-ring (bicyclic) bond motifs is 1. The molecule has 0 atom stereocenters. The highest BCUT2D eigenvalue weighted by atomic mass is 35.5. The molecule has 1 aromatic heterocycles. The second-order valence-corrected chi connectivity index (χ2v) is 5.63. The van der Waals surface area contributed by atoms with Crippen molar-refractivity contribution < 1.29 is 0 Å². The number of aromatic amines is 1. The van der Waals surface area contributed by atoms with Crippen molar-refractivity contribution in [1.82, 2.24) is 9.97 Å². The normalized spacial score (nSPS) is 13.7. The first-order valence-electron chi connectivity index (χ1n) is 6.43. The van der Waals surface area contributed by atoms with E-state index < -0.39 is 0 Å². The maximum absolute atomic E-state index is 12.0. The van der Waals surface area contributed by atoms with E-state index >= 15 is 0 Å². The summed E-state index contributed by atoms with van der Waals surface area (Å²) in [6.07, 6.45) is 2.20. The minimum Gasteiger partial charge on any atom is -0.370 e. The lowest BCUT2D eigenvalue weighted by Crippen LogP contribution is -2.25. The molecule has 0 fully saturated rings. The highest BCUT2D eigenvalue weighted by molar-refractivity contribution is 6.35. The third-order valence-corrected chi connectivity index (χ3v) is 3.92. The standard InChI is InChI=1S/C14H13Cl2N3O/c15-9-4-3-8(11(16)7-9)6-12-18-13-10(14(20)19-12)2-1-5-17-13/h3-4,7H,1-2,5-6H2,(H2,17,18,19,20). The molecule has 1 aliphatic rings. The summed E-state index contributed by atoms with van der Waals surface area (Å²) >= 11 is 12.0. The van der Waals surface area contributed by atoms with Gasteiger partial charge in [0.15, 0.2) is 0 Å². The molecular weight excluding hydrogens is 297 g/mol. The summed E-state index contributed by atoms with van der Waals surface area (Å²) in [5.41, 5.74) is 1.56. The van der Waals surface area contributed by atoms with E-state index in [0.717, 1.165) is 30.5 Å². The number of aromatic nitrogens is 2. The van der Waals surface area contributed by atoms with E-state index in [9.17, 15) is 4.79 Å². The summed E-state index contributed by atoms with van der Waals surface area (Å²) in [6, 6.07) is 5.31. The third kappa shape index (κ3) is 2.67. The molecule has 0 amide bonds. The van der Waals surface area contributed by atoms with Crippen LogP contribution in [0.4, 0.5) is 5.82 Å². The highest BCUT2D eigenvalue weighted by Crippen LogP contribution is 2.23. The van der Waals surface area contributed by atoms with Gasteiger partial charge in [-0.2, -0.15) is 0 Å². The Morgan fingerprint density at radius 1 is 1.30 bits per heavy atom. The Kier molecular flexibility index (Phi) is 3.68. The molecule has 0 spiro atoms. The molecule has 0 aliphatic carbocycles. The van der Waals surface area contributed by atoms with E-state index in [4.69, 9.17) is 23.2 Å². The summed E-state index contributed by atoms with van der Waals surface area (Å²) in [7, 11) is 0. The van der Waals surface area contributed by atoms with E-state index in [-0.39, 0.29) is 5.56 Å². The monoisotopic (exact) mass is 309 g/mol. The van der Waals surface area contributed by atoms with Crippen LogP contribution in [0.3, 0.4) is 0 Å². The van der Waals surface area contributed by atoms with Gasteiger partial charge < -0.3 is 10.3 Å². The van der Waals surface area contributed by atoms with Gasteiger partial charge in [-0.3, -0.25) is 4.79 Å². The van der Waals surface area contributed by atoms with Crippen molar-refractivity contribution in [3.8, 4) is 0 Å². The molecule has 3 rings (SSSR count). The van der Waals surface area contributed by atoms with Gasteiger partial charge in [-0.1, -0.05) is 29.3 Å². The molecule has 0 bridgehead atoms. The van der Waals surface area contributed by atoms with Crippen LogP contribution >= 0.6 is 23.2 Å². The first-order chi connectivity index (χ1) is 9.63. The molecular formula is C14H13Cl2N3O. The predicted octanol–water partition coefficient (Wildman–Crippen LogP) is 3.03. The van der Waals surface area contributed by atoms with E-state index in [1.165, 1.54) is 0 Å². The van der Waals surface area contributed by atoms with Gasteiger partial charge in [-0.15, -0.1) is 0 Å². The van der Waals surface area contributed by atoms with Crippen molar-refractivity contribution in [2.45, 2.75) is 19.3 Å². The van der Waals surface area contributed by atoms with Gasteiger partial charge in [0.05, 0.1) is 5.56 Å². The molecule has 6 heteroatoms. The van der Waals surface area contributed by atoms with Crippen LogP contribution in [0.2, 0.25) is 10.0 Å². The fourth-order valence-electron chi connectivity index (χ4n) is 2.32. The predicted molar refractivity (Wildman–Crippen MR) is 80.9 cm³/mol. The Bertz CT molecular complexity index is 712. The zero-order chi connectivity index (χ0) is 14.1. The van der Waals surface area contributed by atoms with Gasteiger partial charge in [-0.05, 0) is 30.5 Å². The van der Waals surface area contributed by atoms with Crippen LogP contribution in [-0.4, -0.2) is 16.5 Å². The highest BCUT2D eigenvalue weighted by Gasteiger charge is 2.15. The Morgan fingerprint density at radius 2 is 2.15 bits per heavy atom. The summed E-state index contributed by atoms with van der Waals surface area (Å²) in [6.45, 7) is 0.852. The van der Waals surface area contributed by atoms with Crippen molar-refractivity contribution in [3.05, 3.63) is 55.5 Å². The molecule has 4 nitrogen and oxygen atoms in total. The van der Waals surface area contributed by atoms with Gasteiger partial charge in [0.25, 0.3) is 5.56 Å². The molecule has 0 saturated carbocycles. The van der Waals surface area contributed by atoms with Gasteiger partial charge in [0, 0.05) is 23.0 Å². The molecule has 2 N–H and O–H groups in total. The summed E-state index contributed by atoms with van der Waals surface area (Å²) in [5.74, 6) is 1.30. The van der Waals surface area contributed by atoms with E-state index in [2.05, 4.69) is 15.3 Å². The lowest BCUT2D eigenvalue weighted by Gasteiger charge is -2.16. The average Bonchev–Trinajstić information content (AvgIpc) is 2.42. The molecule has 2 aromatic rings. The summed E-state index contributed by atoms with van der Waals surface area (Å²) < 4.78 is 0. The minimum absolute atomic E-state index is 0.0673. The molecule has 104 valence electrons. The Labute approximate surface area is 126 Å². The molecule has 1 aromatic carbocycles. The molecule has 1 aliphatic heterocycles. The summed E-state index contributed by atoms with van der Waals surface area (Å²) in [4.78, 5) is 19.3. The Balaban J connectivity index is 1.95. The van der Waals surface area contributed by atoms with Gasteiger partial charge in [0.1, 0.15) is 11.6 Å². The Hall–Kier alpha value is -1.52. The number of rotatable bonds is 2. The van der Waals surface area contributed by atoms with Crippen LogP contribution in [-0.2, 0) is 12.8 Å². The molecule has 0 unspecified atom stereocenters. The fourth-order valence-corrected chi connectivity index (χ4v) is 2.80. The number of H-pyrrole nitrogens is 1. The SMILES string of the molecule is O=c1[nH]c(Cc2ccc(Cl)cc2Cl)nc2c1CCCN2. The zero-order valence-electron chi connectivity index (χ0n) is 10.7.